The summed E-state index contributed by atoms with van der Waals surface area (Å²) in [7, 11) is 0. The normalized spacial score (nSPS) is 10.4. The quantitative estimate of drug-likeness (QED) is 0.594. The molecule has 26 heavy (non-hydrogen) atoms. The lowest BCUT2D eigenvalue weighted by Crippen LogP contribution is -1.99. The molecule has 0 aliphatic rings. The summed E-state index contributed by atoms with van der Waals surface area (Å²) in [5.74, 6) is 0.648. The summed E-state index contributed by atoms with van der Waals surface area (Å²) < 4.78 is 1.71. The van der Waals surface area contributed by atoms with Crippen molar-refractivity contribution in [1.82, 2.24) is 19.6 Å². The Kier molecular flexibility index (Phi) is 3.61. The van der Waals surface area contributed by atoms with Crippen molar-refractivity contribution in [2.75, 3.05) is 5.32 Å². The molecule has 0 spiro atoms. The third kappa shape index (κ3) is 2.54. The lowest BCUT2D eigenvalue weighted by atomic mass is 10.2. The summed E-state index contributed by atoms with van der Waals surface area (Å²) in [5, 5.41) is 24.7. The highest BCUT2D eigenvalue weighted by Gasteiger charge is 2.19. The Bertz CT molecular complexity index is 1200. The van der Waals surface area contributed by atoms with E-state index in [-0.39, 0.29) is 0 Å². The highest BCUT2D eigenvalue weighted by atomic mass is 15.3. The number of hydrogen-bond donors (Lipinski definition) is 2. The van der Waals surface area contributed by atoms with Crippen LogP contribution >= 0.6 is 0 Å². The van der Waals surface area contributed by atoms with Gasteiger partial charge in [0.25, 0.3) is 0 Å². The number of fused-ring (bicyclic) bond motifs is 1. The van der Waals surface area contributed by atoms with Crippen molar-refractivity contribution in [2.24, 2.45) is 0 Å². The summed E-state index contributed by atoms with van der Waals surface area (Å²) in [4.78, 5) is 9.16. The molecule has 124 valence electrons. The maximum Gasteiger partial charge on any atom is 0.173 e. The van der Waals surface area contributed by atoms with Crippen LogP contribution in [0.3, 0.4) is 0 Å². The Labute approximate surface area is 149 Å². The number of benzene rings is 1. The van der Waals surface area contributed by atoms with E-state index < -0.39 is 0 Å². The molecule has 4 aromatic rings. The maximum absolute atomic E-state index is 9.30. The van der Waals surface area contributed by atoms with Crippen molar-refractivity contribution in [1.29, 1.82) is 10.5 Å². The molecule has 7 nitrogen and oxygen atoms in total. The first kappa shape index (κ1) is 15.4. The molecular formula is C19H13N7. The van der Waals surface area contributed by atoms with Gasteiger partial charge in [0.1, 0.15) is 17.3 Å². The average molecular weight is 339 g/mol. The Hall–Kier alpha value is -4.10. The van der Waals surface area contributed by atoms with E-state index in [1.807, 2.05) is 31.2 Å². The molecule has 0 saturated heterocycles. The lowest BCUT2D eigenvalue weighted by Gasteiger charge is -2.08. The fraction of sp³-hybridized carbons (Fsp3) is 0.0526. The van der Waals surface area contributed by atoms with Gasteiger partial charge >= 0.3 is 0 Å². The van der Waals surface area contributed by atoms with Gasteiger partial charge in [-0.05, 0) is 37.3 Å². The first-order chi connectivity index (χ1) is 12.7. The third-order valence-corrected chi connectivity index (χ3v) is 3.96. The fourth-order valence-corrected chi connectivity index (χ4v) is 2.77. The van der Waals surface area contributed by atoms with Gasteiger partial charge in [0, 0.05) is 17.6 Å². The minimum absolute atomic E-state index is 0.442. The number of imidazole rings is 1. The van der Waals surface area contributed by atoms with Crippen molar-refractivity contribution in [2.45, 2.75) is 6.92 Å². The monoisotopic (exact) mass is 339 g/mol. The zero-order valence-electron chi connectivity index (χ0n) is 13.9. The predicted octanol–water partition coefficient (Wildman–Crippen LogP) is 3.52. The third-order valence-electron chi connectivity index (χ3n) is 3.96. The molecule has 0 unspecified atom stereocenters. The van der Waals surface area contributed by atoms with Crippen LogP contribution in [-0.2, 0) is 0 Å². The second-order valence-electron chi connectivity index (χ2n) is 5.75. The number of nitriles is 2. The molecule has 1 aromatic carbocycles. The number of anilines is 2. The van der Waals surface area contributed by atoms with Crippen molar-refractivity contribution in [3.63, 3.8) is 0 Å². The Balaban J connectivity index is 1.91. The van der Waals surface area contributed by atoms with Gasteiger partial charge in [0.05, 0.1) is 17.3 Å². The summed E-state index contributed by atoms with van der Waals surface area (Å²) in [5.41, 5.74) is 4.45. The zero-order chi connectivity index (χ0) is 18.1. The van der Waals surface area contributed by atoms with Crippen molar-refractivity contribution in [3.8, 4) is 23.5 Å². The Morgan fingerprint density at radius 1 is 1.08 bits per heavy atom. The van der Waals surface area contributed by atoms with Crippen molar-refractivity contribution in [3.05, 3.63) is 65.5 Å². The minimum atomic E-state index is 0.442. The van der Waals surface area contributed by atoms with E-state index in [0.29, 0.717) is 34.0 Å². The molecular weight excluding hydrogens is 326 g/mol. The number of nitrogens with zero attached hydrogens (tertiary/aromatic N) is 5. The highest BCUT2D eigenvalue weighted by Crippen LogP contribution is 2.31. The van der Waals surface area contributed by atoms with Crippen LogP contribution in [0.4, 0.5) is 11.5 Å². The lowest BCUT2D eigenvalue weighted by molar-refractivity contribution is 0.979. The van der Waals surface area contributed by atoms with E-state index in [1.165, 1.54) is 0 Å². The van der Waals surface area contributed by atoms with Crippen LogP contribution in [0.5, 0.6) is 0 Å². The van der Waals surface area contributed by atoms with Gasteiger partial charge in [-0.3, -0.25) is 10.1 Å². The van der Waals surface area contributed by atoms with E-state index in [9.17, 15) is 5.26 Å². The van der Waals surface area contributed by atoms with E-state index in [0.717, 1.165) is 11.4 Å². The number of nitrogens with one attached hydrogen (secondary N) is 2. The van der Waals surface area contributed by atoms with Crippen LogP contribution in [0, 0.1) is 29.6 Å². The molecule has 0 amide bonds. The van der Waals surface area contributed by atoms with Gasteiger partial charge in [0.15, 0.2) is 11.5 Å². The summed E-state index contributed by atoms with van der Waals surface area (Å²) in [6.45, 7) is 1.91. The zero-order valence-corrected chi connectivity index (χ0v) is 13.9. The summed E-state index contributed by atoms with van der Waals surface area (Å²) in [6, 6.07) is 17.1. The van der Waals surface area contributed by atoms with E-state index >= 15 is 0 Å². The predicted molar refractivity (Wildman–Crippen MR) is 96.7 cm³/mol. The SMILES string of the molecule is Cc1cccc(-c2nc3c(C#N)c[nH]n3c2Nc2cccc(C#N)c2)n1. The molecule has 0 saturated carbocycles. The van der Waals surface area contributed by atoms with E-state index in [2.05, 4.69) is 32.5 Å². The molecule has 0 fully saturated rings. The first-order valence-electron chi connectivity index (χ1n) is 7.91. The van der Waals surface area contributed by atoms with Crippen LogP contribution in [0.2, 0.25) is 0 Å². The number of aromatic nitrogens is 4. The van der Waals surface area contributed by atoms with E-state index in [1.54, 1.807) is 28.9 Å². The first-order valence-corrected chi connectivity index (χ1v) is 7.91. The minimum Gasteiger partial charge on any atom is -0.338 e. The molecule has 0 bridgehead atoms. The molecule has 3 aromatic heterocycles. The fourth-order valence-electron chi connectivity index (χ4n) is 2.77. The van der Waals surface area contributed by atoms with Gasteiger partial charge in [-0.1, -0.05) is 12.1 Å². The number of hydrogen-bond acceptors (Lipinski definition) is 5. The maximum atomic E-state index is 9.30. The molecule has 7 heteroatoms. The van der Waals surface area contributed by atoms with Crippen molar-refractivity contribution >= 4 is 17.2 Å². The molecule has 4 rings (SSSR count). The number of aromatic amines is 1. The number of pyridine rings is 1. The molecule has 0 aliphatic carbocycles. The number of H-pyrrole nitrogens is 1. The van der Waals surface area contributed by atoms with Crippen LogP contribution in [0.15, 0.2) is 48.7 Å². The van der Waals surface area contributed by atoms with Crippen LogP contribution < -0.4 is 5.32 Å². The Morgan fingerprint density at radius 3 is 2.69 bits per heavy atom. The van der Waals surface area contributed by atoms with E-state index in [4.69, 9.17) is 5.26 Å². The smallest absolute Gasteiger partial charge is 0.173 e. The second kappa shape index (κ2) is 6.08. The number of rotatable bonds is 3. The Morgan fingerprint density at radius 2 is 1.92 bits per heavy atom. The van der Waals surface area contributed by atoms with Crippen LogP contribution in [-0.4, -0.2) is 19.6 Å². The largest absolute Gasteiger partial charge is 0.338 e. The average Bonchev–Trinajstić information content (AvgIpc) is 3.22. The van der Waals surface area contributed by atoms with Gasteiger partial charge in [-0.15, -0.1) is 0 Å². The molecule has 2 N–H and O–H groups in total. The van der Waals surface area contributed by atoms with Gasteiger partial charge in [-0.2, -0.15) is 10.5 Å². The molecule has 0 atom stereocenters. The summed E-state index contributed by atoms with van der Waals surface area (Å²) >= 11 is 0. The van der Waals surface area contributed by atoms with Crippen molar-refractivity contribution < 1.29 is 0 Å². The van der Waals surface area contributed by atoms with Crippen LogP contribution in [0.1, 0.15) is 16.8 Å². The number of aryl methyl sites for hydroxylation is 1. The van der Waals surface area contributed by atoms with Gasteiger partial charge in [0.2, 0.25) is 0 Å². The highest BCUT2D eigenvalue weighted by molar-refractivity contribution is 5.79. The molecule has 3 heterocycles. The second-order valence-corrected chi connectivity index (χ2v) is 5.75. The molecule has 0 radical (unpaired) electrons. The summed E-state index contributed by atoms with van der Waals surface area (Å²) in [6.07, 6.45) is 1.60. The van der Waals surface area contributed by atoms with Gasteiger partial charge < -0.3 is 5.32 Å². The van der Waals surface area contributed by atoms with Crippen LogP contribution in [0.25, 0.3) is 17.0 Å². The molecule has 0 aliphatic heterocycles. The topological polar surface area (TPSA) is 106 Å². The van der Waals surface area contributed by atoms with Gasteiger partial charge in [-0.25, -0.2) is 9.50 Å². The standard InChI is InChI=1S/C19H13N7/c1-12-4-2-7-16(23-12)17-19(24-15-6-3-5-13(8-15)9-20)26-18(25-17)14(10-21)11-22-26/h2-8,11,22,24H,1H3.